The largest absolute Gasteiger partial charge is 0.346 e. The lowest BCUT2D eigenvalue weighted by Gasteiger charge is -2.22. The van der Waals surface area contributed by atoms with Crippen LogP contribution in [0.2, 0.25) is 0 Å². The van der Waals surface area contributed by atoms with Crippen LogP contribution in [0.5, 0.6) is 0 Å². The molecule has 4 nitrogen and oxygen atoms in total. The summed E-state index contributed by atoms with van der Waals surface area (Å²) < 4.78 is 13.9. The Hall–Kier alpha value is -2.57. The first-order valence-electron chi connectivity index (χ1n) is 8.73. The number of hydrogen-bond donors (Lipinski definition) is 1. The Morgan fingerprint density at radius 1 is 1.15 bits per heavy atom. The lowest BCUT2D eigenvalue weighted by molar-refractivity contribution is 0.0926. The maximum absolute atomic E-state index is 13.9. The molecule has 0 spiro atoms. The van der Waals surface area contributed by atoms with Crippen molar-refractivity contribution in [1.82, 2.24) is 15.2 Å². The Kier molecular flexibility index (Phi) is 6.32. The highest BCUT2D eigenvalue weighted by Crippen LogP contribution is 2.26. The first kappa shape index (κ1) is 19.2. The van der Waals surface area contributed by atoms with E-state index in [9.17, 15) is 9.18 Å². The van der Waals surface area contributed by atoms with E-state index in [4.69, 9.17) is 0 Å². The van der Waals surface area contributed by atoms with Crippen LogP contribution in [-0.4, -0.2) is 42.5 Å². The van der Waals surface area contributed by atoms with Crippen molar-refractivity contribution in [3.63, 3.8) is 0 Å². The second kappa shape index (κ2) is 8.88. The molecule has 0 fully saturated rings. The van der Waals surface area contributed by atoms with Crippen LogP contribution < -0.4 is 5.32 Å². The van der Waals surface area contributed by atoms with E-state index in [2.05, 4.69) is 10.3 Å². The summed E-state index contributed by atoms with van der Waals surface area (Å²) in [7, 11) is 3.95. The Labute approximate surface area is 162 Å². The van der Waals surface area contributed by atoms with Gasteiger partial charge in [-0.3, -0.25) is 4.79 Å². The quantitative estimate of drug-likeness (QED) is 0.674. The fraction of sp³-hybridized carbons (Fsp3) is 0.238. The third kappa shape index (κ3) is 5.21. The summed E-state index contributed by atoms with van der Waals surface area (Å²) in [6.45, 7) is 0.713. The number of halogens is 1. The second-order valence-electron chi connectivity index (χ2n) is 6.64. The van der Waals surface area contributed by atoms with E-state index in [1.54, 1.807) is 23.6 Å². The summed E-state index contributed by atoms with van der Waals surface area (Å²) in [6.07, 6.45) is 0.731. The lowest BCUT2D eigenvalue weighted by Crippen LogP contribution is -2.43. The van der Waals surface area contributed by atoms with E-state index in [0.29, 0.717) is 22.8 Å². The number of benzene rings is 2. The highest BCUT2D eigenvalue weighted by Gasteiger charge is 2.18. The van der Waals surface area contributed by atoms with Gasteiger partial charge in [0.2, 0.25) is 0 Å². The number of rotatable bonds is 7. The van der Waals surface area contributed by atoms with Crippen molar-refractivity contribution in [2.75, 3.05) is 20.6 Å². The first-order chi connectivity index (χ1) is 13.0. The zero-order valence-corrected chi connectivity index (χ0v) is 16.2. The van der Waals surface area contributed by atoms with Crippen LogP contribution in [0.3, 0.4) is 0 Å². The fourth-order valence-corrected chi connectivity index (χ4v) is 3.72. The molecule has 0 bridgehead atoms. The van der Waals surface area contributed by atoms with Gasteiger partial charge in [-0.05, 0) is 38.2 Å². The molecule has 6 heteroatoms. The summed E-state index contributed by atoms with van der Waals surface area (Å²) in [5, 5.41) is 5.24. The van der Waals surface area contributed by atoms with Gasteiger partial charge in [0.05, 0.1) is 0 Å². The summed E-state index contributed by atoms with van der Waals surface area (Å²) in [6, 6.07) is 16.5. The summed E-state index contributed by atoms with van der Waals surface area (Å²) in [5.41, 5.74) is 1.89. The monoisotopic (exact) mass is 383 g/mol. The van der Waals surface area contributed by atoms with E-state index in [1.165, 1.54) is 17.4 Å². The van der Waals surface area contributed by atoms with E-state index in [0.717, 1.165) is 12.0 Å². The second-order valence-corrected chi connectivity index (χ2v) is 7.50. The van der Waals surface area contributed by atoms with Gasteiger partial charge in [0.1, 0.15) is 16.5 Å². The number of nitrogens with one attached hydrogen (secondary N) is 1. The minimum Gasteiger partial charge on any atom is -0.346 e. The molecular formula is C21H22FN3OS. The number of hydrogen-bond acceptors (Lipinski definition) is 4. The number of nitrogens with zero attached hydrogens (tertiary/aromatic N) is 2. The highest BCUT2D eigenvalue weighted by atomic mass is 32.1. The molecule has 2 aromatic carbocycles. The number of likely N-dealkylation sites (N-methyl/N-ethyl adjacent to an activating group) is 1. The van der Waals surface area contributed by atoms with Crippen LogP contribution in [0.4, 0.5) is 4.39 Å². The molecule has 1 aromatic heterocycles. The predicted molar refractivity (Wildman–Crippen MR) is 107 cm³/mol. The van der Waals surface area contributed by atoms with E-state index in [-0.39, 0.29) is 17.8 Å². The minimum absolute atomic E-state index is 0.0477. The van der Waals surface area contributed by atoms with Crippen molar-refractivity contribution in [1.29, 1.82) is 0 Å². The van der Waals surface area contributed by atoms with Crippen molar-refractivity contribution >= 4 is 17.2 Å². The van der Waals surface area contributed by atoms with Crippen LogP contribution in [0.25, 0.3) is 10.6 Å². The fourth-order valence-electron chi connectivity index (χ4n) is 2.90. The van der Waals surface area contributed by atoms with Crippen molar-refractivity contribution in [2.24, 2.45) is 0 Å². The van der Waals surface area contributed by atoms with Crippen molar-refractivity contribution in [3.05, 3.63) is 77.1 Å². The van der Waals surface area contributed by atoms with Gasteiger partial charge >= 0.3 is 0 Å². The number of thiazole rings is 1. The molecular weight excluding hydrogens is 361 g/mol. The van der Waals surface area contributed by atoms with Gasteiger partial charge in [-0.2, -0.15) is 0 Å². The SMILES string of the molecule is CN(C)CC(Cc1ccccc1)NC(=O)c1csc(-c2ccccc2F)n1. The Morgan fingerprint density at radius 2 is 1.85 bits per heavy atom. The van der Waals surface area contributed by atoms with E-state index >= 15 is 0 Å². The zero-order valence-electron chi connectivity index (χ0n) is 15.4. The molecule has 1 atom stereocenters. The molecule has 3 aromatic rings. The molecule has 0 aliphatic carbocycles. The van der Waals surface area contributed by atoms with Crippen LogP contribution in [0.1, 0.15) is 16.1 Å². The maximum atomic E-state index is 13.9. The number of carbonyl (C=O) groups is 1. The standard InChI is InChI=1S/C21H22FN3OS/c1-25(2)13-16(12-15-8-4-3-5-9-15)23-20(26)19-14-27-21(24-19)17-10-6-7-11-18(17)22/h3-11,14,16H,12-13H2,1-2H3,(H,23,26). The van der Waals surface area contributed by atoms with Crippen LogP contribution in [0.15, 0.2) is 60.0 Å². The average Bonchev–Trinajstić information content (AvgIpc) is 3.12. The number of amides is 1. The van der Waals surface area contributed by atoms with Crippen LogP contribution in [-0.2, 0) is 6.42 Å². The van der Waals surface area contributed by atoms with Gasteiger partial charge in [-0.25, -0.2) is 9.37 Å². The molecule has 27 heavy (non-hydrogen) atoms. The molecule has 0 aliphatic rings. The summed E-state index contributed by atoms with van der Waals surface area (Å²) in [5.74, 6) is -0.579. The lowest BCUT2D eigenvalue weighted by atomic mass is 10.1. The number of aromatic nitrogens is 1. The number of carbonyl (C=O) groups excluding carboxylic acids is 1. The Morgan fingerprint density at radius 3 is 2.56 bits per heavy atom. The Bertz CT molecular complexity index is 895. The van der Waals surface area contributed by atoms with E-state index in [1.807, 2.05) is 49.3 Å². The highest BCUT2D eigenvalue weighted by molar-refractivity contribution is 7.13. The average molecular weight is 383 g/mol. The molecule has 1 unspecified atom stereocenters. The van der Waals surface area contributed by atoms with Gasteiger partial charge < -0.3 is 10.2 Å². The van der Waals surface area contributed by atoms with Crippen LogP contribution >= 0.6 is 11.3 Å². The third-order valence-corrected chi connectivity index (χ3v) is 4.96. The van der Waals surface area contributed by atoms with Crippen LogP contribution in [0, 0.1) is 5.82 Å². The summed E-state index contributed by atoms with van der Waals surface area (Å²) in [4.78, 5) is 19.1. The topological polar surface area (TPSA) is 45.2 Å². The molecule has 0 saturated heterocycles. The third-order valence-electron chi connectivity index (χ3n) is 4.09. The van der Waals surface area contributed by atoms with Crippen molar-refractivity contribution < 1.29 is 9.18 Å². The summed E-state index contributed by atoms with van der Waals surface area (Å²) >= 11 is 1.27. The first-order valence-corrected chi connectivity index (χ1v) is 9.61. The van der Waals surface area contributed by atoms with Gasteiger partial charge in [0, 0.05) is 23.5 Å². The Balaban J connectivity index is 1.73. The molecule has 0 radical (unpaired) electrons. The molecule has 0 saturated carbocycles. The predicted octanol–water partition coefficient (Wildman–Crippen LogP) is 3.85. The van der Waals surface area contributed by atoms with Crippen molar-refractivity contribution in [2.45, 2.75) is 12.5 Å². The molecule has 1 amide bonds. The zero-order chi connectivity index (χ0) is 19.2. The van der Waals surface area contributed by atoms with Gasteiger partial charge in [0.25, 0.3) is 5.91 Å². The normalized spacial score (nSPS) is 12.1. The minimum atomic E-state index is -0.339. The smallest absolute Gasteiger partial charge is 0.271 e. The molecule has 0 aliphatic heterocycles. The molecule has 1 N–H and O–H groups in total. The molecule has 1 heterocycles. The van der Waals surface area contributed by atoms with Gasteiger partial charge in [-0.15, -0.1) is 11.3 Å². The maximum Gasteiger partial charge on any atom is 0.271 e. The van der Waals surface area contributed by atoms with Gasteiger partial charge in [-0.1, -0.05) is 42.5 Å². The van der Waals surface area contributed by atoms with E-state index < -0.39 is 0 Å². The van der Waals surface area contributed by atoms with Crippen molar-refractivity contribution in [3.8, 4) is 10.6 Å². The van der Waals surface area contributed by atoms with Gasteiger partial charge in [0.15, 0.2) is 0 Å². The molecule has 140 valence electrons. The molecule has 3 rings (SSSR count).